The summed E-state index contributed by atoms with van der Waals surface area (Å²) < 4.78 is 5.22. The molecule has 1 heterocycles. The maximum Gasteiger partial charge on any atom is 0.237 e. The third-order valence-corrected chi connectivity index (χ3v) is 5.36. The van der Waals surface area contributed by atoms with Crippen molar-refractivity contribution < 1.29 is 4.79 Å². The fourth-order valence-electron chi connectivity index (χ4n) is 2.15. The molecule has 1 amide bonds. The molecule has 2 unspecified atom stereocenters. The summed E-state index contributed by atoms with van der Waals surface area (Å²) in [7, 11) is 0. The molecule has 0 aliphatic heterocycles. The van der Waals surface area contributed by atoms with Gasteiger partial charge in [0.05, 0.1) is 5.54 Å². The van der Waals surface area contributed by atoms with E-state index in [0.717, 1.165) is 29.4 Å². The van der Waals surface area contributed by atoms with Gasteiger partial charge >= 0.3 is 0 Å². The van der Waals surface area contributed by atoms with E-state index in [9.17, 15) is 4.79 Å². The number of aromatic nitrogens is 2. The number of hydrogen-bond acceptors (Lipinski definition) is 6. The van der Waals surface area contributed by atoms with Crippen LogP contribution < -0.4 is 11.5 Å². The molecule has 0 spiro atoms. The third-order valence-electron chi connectivity index (χ3n) is 3.26. The molecule has 1 fully saturated rings. The van der Waals surface area contributed by atoms with Crippen LogP contribution in [0.25, 0.3) is 0 Å². The highest BCUT2D eigenvalue weighted by molar-refractivity contribution is 8.01. The molecule has 4 N–H and O–H groups in total. The van der Waals surface area contributed by atoms with Crippen molar-refractivity contribution in [2.24, 2.45) is 11.5 Å². The monoisotopic (exact) mass is 286 g/mol. The van der Waals surface area contributed by atoms with Gasteiger partial charge in [-0.15, -0.1) is 0 Å². The van der Waals surface area contributed by atoms with Crippen molar-refractivity contribution in [1.82, 2.24) is 9.36 Å². The second-order valence-corrected chi connectivity index (χ2v) is 6.99. The molecule has 1 aliphatic rings. The van der Waals surface area contributed by atoms with Crippen molar-refractivity contribution in [3.05, 3.63) is 5.82 Å². The molecule has 2 rings (SSSR count). The largest absolute Gasteiger partial charge is 0.368 e. The molecule has 0 radical (unpaired) electrons. The molecule has 18 heavy (non-hydrogen) atoms. The Balaban J connectivity index is 1.99. The lowest BCUT2D eigenvalue weighted by atomic mass is 9.82. The highest BCUT2D eigenvalue weighted by Crippen LogP contribution is 2.37. The highest BCUT2D eigenvalue weighted by atomic mass is 32.2. The summed E-state index contributed by atoms with van der Waals surface area (Å²) in [5.41, 5.74) is 10.6. The molecule has 2 atom stereocenters. The van der Waals surface area contributed by atoms with Gasteiger partial charge in [-0.3, -0.25) is 4.79 Å². The quantitative estimate of drug-likeness (QED) is 0.870. The van der Waals surface area contributed by atoms with Gasteiger partial charge in [-0.2, -0.15) is 4.37 Å². The number of primary amides is 1. The van der Waals surface area contributed by atoms with Crippen LogP contribution in [0.1, 0.15) is 38.4 Å². The third kappa shape index (κ3) is 3.02. The summed E-state index contributed by atoms with van der Waals surface area (Å²) in [5, 5.41) is 0.314. The number of nitrogens with two attached hydrogens (primary N) is 2. The summed E-state index contributed by atoms with van der Waals surface area (Å²) in [6.07, 6.45) is 4.17. The Kier molecular flexibility index (Phi) is 4.24. The molecular formula is C11H18N4OS2. The Morgan fingerprint density at radius 1 is 1.67 bits per heavy atom. The molecule has 0 saturated heterocycles. The number of carbonyl (C=O) groups is 1. The van der Waals surface area contributed by atoms with Gasteiger partial charge in [-0.05, 0) is 37.2 Å². The standard InChI is InChI=1S/C11H18N4OS2/c1-2-8-14-10(18-15-8)17-7-4-3-5-11(13,6-7)9(12)16/h7H,2-6,13H2,1H3,(H2,12,16). The van der Waals surface area contributed by atoms with E-state index in [4.69, 9.17) is 11.5 Å². The van der Waals surface area contributed by atoms with E-state index >= 15 is 0 Å². The fourth-order valence-corrected chi connectivity index (χ4v) is 4.45. The number of carbonyl (C=O) groups excluding carboxylic acids is 1. The van der Waals surface area contributed by atoms with Gasteiger partial charge in [0.25, 0.3) is 0 Å². The fraction of sp³-hybridized carbons (Fsp3) is 0.727. The maximum atomic E-state index is 11.4. The molecular weight excluding hydrogens is 268 g/mol. The van der Waals surface area contributed by atoms with E-state index in [0.29, 0.717) is 18.1 Å². The van der Waals surface area contributed by atoms with Gasteiger partial charge in [-0.25, -0.2) is 4.98 Å². The van der Waals surface area contributed by atoms with Crippen molar-refractivity contribution in [3.8, 4) is 0 Å². The van der Waals surface area contributed by atoms with Crippen LogP contribution in [-0.4, -0.2) is 26.1 Å². The van der Waals surface area contributed by atoms with Gasteiger partial charge in [-0.1, -0.05) is 18.7 Å². The van der Waals surface area contributed by atoms with Gasteiger partial charge in [0, 0.05) is 11.7 Å². The smallest absolute Gasteiger partial charge is 0.237 e. The van der Waals surface area contributed by atoms with Crippen molar-refractivity contribution in [2.75, 3.05) is 0 Å². The van der Waals surface area contributed by atoms with E-state index in [1.807, 2.05) is 6.92 Å². The molecule has 5 nitrogen and oxygen atoms in total. The van der Waals surface area contributed by atoms with Crippen LogP contribution in [0.15, 0.2) is 4.34 Å². The van der Waals surface area contributed by atoms with Crippen LogP contribution in [-0.2, 0) is 11.2 Å². The van der Waals surface area contributed by atoms with Gasteiger partial charge in [0.1, 0.15) is 5.82 Å². The number of hydrogen-bond donors (Lipinski definition) is 2. The Morgan fingerprint density at radius 2 is 2.44 bits per heavy atom. The number of nitrogens with zero attached hydrogens (tertiary/aromatic N) is 2. The second-order valence-electron chi connectivity index (χ2n) is 4.69. The SMILES string of the molecule is CCc1nsc(SC2CCCC(N)(C(N)=O)C2)n1. The van der Waals surface area contributed by atoms with E-state index in [2.05, 4.69) is 9.36 Å². The van der Waals surface area contributed by atoms with E-state index < -0.39 is 5.54 Å². The minimum atomic E-state index is -0.839. The van der Waals surface area contributed by atoms with Crippen molar-refractivity contribution in [1.29, 1.82) is 0 Å². The van der Waals surface area contributed by atoms with Crippen LogP contribution >= 0.6 is 23.3 Å². The molecule has 1 saturated carbocycles. The normalized spacial score (nSPS) is 28.2. The molecule has 0 bridgehead atoms. The molecule has 1 aromatic rings. The first-order chi connectivity index (χ1) is 8.53. The maximum absolute atomic E-state index is 11.4. The highest BCUT2D eigenvalue weighted by Gasteiger charge is 2.38. The molecule has 1 aromatic heterocycles. The minimum Gasteiger partial charge on any atom is -0.368 e. The average Bonchev–Trinajstić information content (AvgIpc) is 2.76. The second kappa shape index (κ2) is 5.54. The summed E-state index contributed by atoms with van der Waals surface area (Å²) in [4.78, 5) is 15.8. The zero-order valence-electron chi connectivity index (χ0n) is 10.4. The zero-order chi connectivity index (χ0) is 13.2. The molecule has 100 valence electrons. The lowest BCUT2D eigenvalue weighted by Crippen LogP contribution is -2.55. The molecule has 1 aliphatic carbocycles. The van der Waals surface area contributed by atoms with Gasteiger partial charge in [0.15, 0.2) is 4.34 Å². The molecule has 7 heteroatoms. The lowest BCUT2D eigenvalue weighted by Gasteiger charge is -2.34. The van der Waals surface area contributed by atoms with Gasteiger partial charge < -0.3 is 11.5 Å². The number of rotatable bonds is 4. The Labute approximate surface area is 115 Å². The lowest BCUT2D eigenvalue weighted by molar-refractivity contribution is -0.124. The van der Waals surface area contributed by atoms with E-state index in [1.54, 1.807) is 11.8 Å². The zero-order valence-corrected chi connectivity index (χ0v) is 12.0. The van der Waals surface area contributed by atoms with Crippen LogP contribution in [0, 0.1) is 0 Å². The van der Waals surface area contributed by atoms with E-state index in [1.165, 1.54) is 11.5 Å². The first-order valence-corrected chi connectivity index (χ1v) is 7.77. The van der Waals surface area contributed by atoms with Crippen LogP contribution in [0.5, 0.6) is 0 Å². The first-order valence-electron chi connectivity index (χ1n) is 6.11. The van der Waals surface area contributed by atoms with Crippen LogP contribution in [0.2, 0.25) is 0 Å². The molecule has 0 aromatic carbocycles. The Bertz CT molecular complexity index is 436. The summed E-state index contributed by atoms with van der Waals surface area (Å²) in [5.74, 6) is 0.492. The summed E-state index contributed by atoms with van der Waals surface area (Å²) in [6.45, 7) is 2.04. The number of aryl methyl sites for hydroxylation is 1. The number of thioether (sulfide) groups is 1. The summed E-state index contributed by atoms with van der Waals surface area (Å²) in [6, 6.07) is 0. The Morgan fingerprint density at radius 3 is 3.06 bits per heavy atom. The predicted octanol–water partition coefficient (Wildman–Crippen LogP) is 1.32. The van der Waals surface area contributed by atoms with Crippen molar-refractivity contribution in [3.63, 3.8) is 0 Å². The first kappa shape index (κ1) is 13.8. The topological polar surface area (TPSA) is 94.9 Å². The van der Waals surface area contributed by atoms with E-state index in [-0.39, 0.29) is 5.91 Å². The number of amides is 1. The van der Waals surface area contributed by atoms with Crippen molar-refractivity contribution in [2.45, 2.75) is 54.2 Å². The summed E-state index contributed by atoms with van der Waals surface area (Å²) >= 11 is 3.10. The van der Waals surface area contributed by atoms with Crippen LogP contribution in [0.4, 0.5) is 0 Å². The predicted molar refractivity (Wildman–Crippen MR) is 73.5 cm³/mol. The minimum absolute atomic E-state index is 0.314. The average molecular weight is 286 g/mol. The van der Waals surface area contributed by atoms with Crippen LogP contribution in [0.3, 0.4) is 0 Å². The van der Waals surface area contributed by atoms with Gasteiger partial charge in [0.2, 0.25) is 5.91 Å². The Hall–Kier alpha value is -0.660. The van der Waals surface area contributed by atoms with Crippen molar-refractivity contribution >= 4 is 29.2 Å².